The molecule has 0 aliphatic heterocycles. The predicted octanol–water partition coefficient (Wildman–Crippen LogP) is 1.40. The van der Waals surface area contributed by atoms with E-state index in [2.05, 4.69) is 42.8 Å². The average Bonchev–Trinajstić information content (AvgIpc) is 2.45. The minimum absolute atomic E-state index is 0.216. The molecule has 0 aromatic rings. The number of nitrogens with zero attached hydrogens (tertiary/aromatic N) is 2. The summed E-state index contributed by atoms with van der Waals surface area (Å²) in [7, 11) is 0. The standard InChI is InChI=1S/C15H35N3O/c1-5-10-16-15(14-19)13-18(8-4)12-9-11-17(6-2)7-3/h15-16,19H,5-14H2,1-4H3. The smallest absolute Gasteiger partial charge is 0.0597 e. The molecular formula is C15H35N3O. The Kier molecular flexibility index (Phi) is 12.7. The summed E-state index contributed by atoms with van der Waals surface area (Å²) in [5, 5.41) is 12.8. The maximum atomic E-state index is 9.39. The summed E-state index contributed by atoms with van der Waals surface area (Å²) in [5.74, 6) is 0. The second kappa shape index (κ2) is 12.9. The number of hydrogen-bond acceptors (Lipinski definition) is 4. The van der Waals surface area contributed by atoms with Gasteiger partial charge in [-0.1, -0.05) is 27.7 Å². The molecule has 0 aliphatic rings. The third kappa shape index (κ3) is 9.38. The molecule has 0 rings (SSSR count). The van der Waals surface area contributed by atoms with Crippen LogP contribution in [0, 0.1) is 0 Å². The zero-order valence-electron chi connectivity index (χ0n) is 13.5. The largest absolute Gasteiger partial charge is 0.395 e. The summed E-state index contributed by atoms with van der Waals surface area (Å²) in [6, 6.07) is 0.216. The van der Waals surface area contributed by atoms with Crippen molar-refractivity contribution in [3.05, 3.63) is 0 Å². The van der Waals surface area contributed by atoms with Crippen molar-refractivity contribution in [3.63, 3.8) is 0 Å². The molecule has 0 aromatic carbocycles. The molecule has 4 heteroatoms. The van der Waals surface area contributed by atoms with Crippen molar-refractivity contribution in [1.29, 1.82) is 0 Å². The molecule has 0 aliphatic carbocycles. The van der Waals surface area contributed by atoms with E-state index in [0.29, 0.717) is 0 Å². The molecule has 0 saturated carbocycles. The lowest BCUT2D eigenvalue weighted by molar-refractivity contribution is 0.178. The van der Waals surface area contributed by atoms with Crippen LogP contribution in [0.1, 0.15) is 40.5 Å². The second-order valence-electron chi connectivity index (χ2n) is 5.11. The summed E-state index contributed by atoms with van der Waals surface area (Å²) in [4.78, 5) is 4.90. The van der Waals surface area contributed by atoms with Crippen molar-refractivity contribution in [1.82, 2.24) is 15.1 Å². The highest BCUT2D eigenvalue weighted by Crippen LogP contribution is 1.98. The number of aliphatic hydroxyl groups excluding tert-OH is 1. The molecule has 0 radical (unpaired) electrons. The average molecular weight is 273 g/mol. The molecule has 19 heavy (non-hydrogen) atoms. The lowest BCUT2D eigenvalue weighted by atomic mass is 10.2. The minimum atomic E-state index is 0.216. The number of rotatable bonds is 13. The zero-order valence-corrected chi connectivity index (χ0v) is 13.5. The van der Waals surface area contributed by atoms with Gasteiger partial charge in [0.25, 0.3) is 0 Å². The van der Waals surface area contributed by atoms with Crippen LogP contribution in [-0.4, -0.2) is 73.4 Å². The van der Waals surface area contributed by atoms with Gasteiger partial charge in [-0.3, -0.25) is 0 Å². The molecule has 2 N–H and O–H groups in total. The van der Waals surface area contributed by atoms with Crippen LogP contribution < -0.4 is 5.32 Å². The van der Waals surface area contributed by atoms with Gasteiger partial charge in [0.15, 0.2) is 0 Å². The van der Waals surface area contributed by atoms with E-state index in [-0.39, 0.29) is 12.6 Å². The fourth-order valence-electron chi connectivity index (χ4n) is 2.28. The van der Waals surface area contributed by atoms with E-state index in [1.165, 1.54) is 13.0 Å². The van der Waals surface area contributed by atoms with E-state index in [4.69, 9.17) is 0 Å². The highest BCUT2D eigenvalue weighted by atomic mass is 16.3. The van der Waals surface area contributed by atoms with Crippen LogP contribution in [0.4, 0.5) is 0 Å². The fourth-order valence-corrected chi connectivity index (χ4v) is 2.28. The van der Waals surface area contributed by atoms with Crippen LogP contribution in [0.3, 0.4) is 0 Å². The van der Waals surface area contributed by atoms with Crippen molar-refractivity contribution in [2.75, 3.05) is 52.4 Å². The molecule has 0 saturated heterocycles. The SMILES string of the molecule is CCCNC(CO)CN(CC)CCCN(CC)CC. The van der Waals surface area contributed by atoms with Crippen LogP contribution in [0.5, 0.6) is 0 Å². The Morgan fingerprint density at radius 2 is 1.53 bits per heavy atom. The van der Waals surface area contributed by atoms with Crippen molar-refractivity contribution in [3.8, 4) is 0 Å². The summed E-state index contributed by atoms with van der Waals surface area (Å²) in [5.41, 5.74) is 0. The predicted molar refractivity (Wildman–Crippen MR) is 83.7 cm³/mol. The Morgan fingerprint density at radius 1 is 0.947 bits per heavy atom. The van der Waals surface area contributed by atoms with Gasteiger partial charge in [0.2, 0.25) is 0 Å². The first-order valence-corrected chi connectivity index (χ1v) is 8.00. The lowest BCUT2D eigenvalue weighted by Gasteiger charge is -2.27. The van der Waals surface area contributed by atoms with Gasteiger partial charge in [-0.25, -0.2) is 0 Å². The third-order valence-corrected chi connectivity index (χ3v) is 3.67. The molecular weight excluding hydrogens is 238 g/mol. The zero-order chi connectivity index (χ0) is 14.5. The van der Waals surface area contributed by atoms with Gasteiger partial charge in [0.1, 0.15) is 0 Å². The normalized spacial score (nSPS) is 13.4. The summed E-state index contributed by atoms with van der Waals surface area (Å²) < 4.78 is 0. The molecule has 0 fully saturated rings. The molecule has 116 valence electrons. The van der Waals surface area contributed by atoms with Crippen molar-refractivity contribution < 1.29 is 5.11 Å². The van der Waals surface area contributed by atoms with Crippen molar-refractivity contribution in [2.24, 2.45) is 0 Å². The Hall–Kier alpha value is -0.160. The van der Waals surface area contributed by atoms with E-state index in [1.54, 1.807) is 0 Å². The van der Waals surface area contributed by atoms with Gasteiger partial charge in [-0.2, -0.15) is 0 Å². The summed E-state index contributed by atoms with van der Waals surface area (Å²) in [6.45, 7) is 16.6. The molecule has 1 atom stereocenters. The lowest BCUT2D eigenvalue weighted by Crippen LogP contribution is -2.44. The highest BCUT2D eigenvalue weighted by molar-refractivity contribution is 4.71. The first kappa shape index (κ1) is 18.8. The topological polar surface area (TPSA) is 38.7 Å². The van der Waals surface area contributed by atoms with Gasteiger partial charge in [-0.15, -0.1) is 0 Å². The molecule has 1 unspecified atom stereocenters. The maximum absolute atomic E-state index is 9.39. The van der Waals surface area contributed by atoms with E-state index >= 15 is 0 Å². The van der Waals surface area contributed by atoms with Crippen LogP contribution in [0.25, 0.3) is 0 Å². The van der Waals surface area contributed by atoms with Crippen LogP contribution in [-0.2, 0) is 0 Å². The number of nitrogens with one attached hydrogen (secondary N) is 1. The number of likely N-dealkylation sites (N-methyl/N-ethyl adjacent to an activating group) is 1. The molecule has 0 heterocycles. The van der Waals surface area contributed by atoms with Gasteiger partial charge >= 0.3 is 0 Å². The van der Waals surface area contributed by atoms with E-state index in [0.717, 1.165) is 45.7 Å². The van der Waals surface area contributed by atoms with Gasteiger partial charge in [-0.05, 0) is 52.1 Å². The van der Waals surface area contributed by atoms with E-state index < -0.39 is 0 Å². The van der Waals surface area contributed by atoms with Crippen LogP contribution in [0.2, 0.25) is 0 Å². The molecule has 0 spiro atoms. The molecule has 4 nitrogen and oxygen atoms in total. The number of aliphatic hydroxyl groups is 1. The fraction of sp³-hybridized carbons (Fsp3) is 1.00. The van der Waals surface area contributed by atoms with Crippen LogP contribution >= 0.6 is 0 Å². The van der Waals surface area contributed by atoms with E-state index in [9.17, 15) is 5.11 Å². The van der Waals surface area contributed by atoms with Crippen LogP contribution in [0.15, 0.2) is 0 Å². The quantitative estimate of drug-likeness (QED) is 0.532. The van der Waals surface area contributed by atoms with Crippen molar-refractivity contribution >= 4 is 0 Å². The molecule has 0 bridgehead atoms. The third-order valence-electron chi connectivity index (χ3n) is 3.67. The Morgan fingerprint density at radius 3 is 2.00 bits per heavy atom. The van der Waals surface area contributed by atoms with Gasteiger partial charge in [0, 0.05) is 12.6 Å². The monoisotopic (exact) mass is 273 g/mol. The van der Waals surface area contributed by atoms with E-state index in [1.807, 2.05) is 0 Å². The van der Waals surface area contributed by atoms with Gasteiger partial charge < -0.3 is 20.2 Å². The minimum Gasteiger partial charge on any atom is -0.395 e. The molecule has 0 amide bonds. The summed E-state index contributed by atoms with van der Waals surface area (Å²) >= 11 is 0. The Labute approximate surface area is 120 Å². The second-order valence-corrected chi connectivity index (χ2v) is 5.11. The maximum Gasteiger partial charge on any atom is 0.0597 e. The Balaban J connectivity index is 3.91. The molecule has 0 aromatic heterocycles. The number of hydrogen-bond donors (Lipinski definition) is 2. The highest BCUT2D eigenvalue weighted by Gasteiger charge is 2.11. The van der Waals surface area contributed by atoms with Crippen molar-refractivity contribution in [2.45, 2.75) is 46.6 Å². The summed E-state index contributed by atoms with van der Waals surface area (Å²) in [6.07, 6.45) is 2.33. The first-order chi connectivity index (χ1) is 9.21. The Bertz CT molecular complexity index is 186. The van der Waals surface area contributed by atoms with Gasteiger partial charge in [0.05, 0.1) is 6.61 Å². The first-order valence-electron chi connectivity index (χ1n) is 8.00.